The number of rotatable bonds is 7. The van der Waals surface area contributed by atoms with E-state index < -0.39 is 0 Å². The minimum absolute atomic E-state index is 0.961. The van der Waals surface area contributed by atoms with Gasteiger partial charge in [0.25, 0.3) is 0 Å². The molecule has 0 fully saturated rings. The quantitative estimate of drug-likeness (QED) is 0.166. The van der Waals surface area contributed by atoms with E-state index >= 15 is 0 Å². The zero-order chi connectivity index (χ0) is 34.7. The second kappa shape index (κ2) is 13.8. The molecule has 0 saturated heterocycles. The Bertz CT molecular complexity index is 2670. The maximum atomic E-state index is 5.22. The highest BCUT2D eigenvalue weighted by molar-refractivity contribution is 5.97. The lowest BCUT2D eigenvalue weighted by Gasteiger charge is -2.13. The van der Waals surface area contributed by atoms with Crippen molar-refractivity contribution in [1.82, 2.24) is 4.98 Å². The molecule has 9 aromatic rings. The maximum Gasteiger partial charge on any atom is 0.0721 e. The lowest BCUT2D eigenvalue weighted by molar-refractivity contribution is 1.33. The summed E-state index contributed by atoms with van der Waals surface area (Å²) in [6.07, 6.45) is 0. The number of hydrogen-bond donors (Lipinski definition) is 0. The van der Waals surface area contributed by atoms with Gasteiger partial charge in [-0.05, 0) is 103 Å². The van der Waals surface area contributed by atoms with E-state index in [1.807, 2.05) is 0 Å². The number of aromatic nitrogens is 1. The highest BCUT2D eigenvalue weighted by Gasteiger charge is 2.13. The van der Waals surface area contributed by atoms with Gasteiger partial charge in [-0.2, -0.15) is 0 Å². The summed E-state index contributed by atoms with van der Waals surface area (Å²) in [6, 6.07) is 76.0. The van der Waals surface area contributed by atoms with Crippen LogP contribution in [0, 0.1) is 0 Å². The summed E-state index contributed by atoms with van der Waals surface area (Å²) in [4.78, 5) is 5.22. The monoisotopic (exact) mass is 661 g/mol. The van der Waals surface area contributed by atoms with Crippen LogP contribution >= 0.6 is 0 Å². The Morgan fingerprint density at radius 3 is 1.13 bits per heavy atom. The van der Waals surface area contributed by atoms with Gasteiger partial charge in [0.1, 0.15) is 0 Å². The van der Waals surface area contributed by atoms with Gasteiger partial charge in [0, 0.05) is 11.1 Å². The number of pyridine rings is 1. The van der Waals surface area contributed by atoms with E-state index in [2.05, 4.69) is 212 Å². The molecule has 0 saturated carbocycles. The Morgan fingerprint density at radius 2 is 0.596 bits per heavy atom. The van der Waals surface area contributed by atoms with Crippen LogP contribution in [0.5, 0.6) is 0 Å². The average Bonchev–Trinajstić information content (AvgIpc) is 3.24. The van der Waals surface area contributed by atoms with E-state index in [1.165, 1.54) is 55.3 Å². The van der Waals surface area contributed by atoms with Crippen LogP contribution in [0.4, 0.5) is 0 Å². The van der Waals surface area contributed by atoms with Gasteiger partial charge in [0.2, 0.25) is 0 Å². The summed E-state index contributed by atoms with van der Waals surface area (Å²) in [5.41, 5.74) is 16.1. The number of nitrogens with zero attached hydrogens (tertiary/aromatic N) is 1. The molecule has 0 spiro atoms. The summed E-state index contributed by atoms with van der Waals surface area (Å²) in [7, 11) is 0. The predicted molar refractivity (Wildman–Crippen MR) is 220 cm³/mol. The van der Waals surface area contributed by atoms with Crippen LogP contribution in [0.1, 0.15) is 0 Å². The van der Waals surface area contributed by atoms with Crippen molar-refractivity contribution in [2.24, 2.45) is 0 Å². The largest absolute Gasteiger partial charge is 0.248 e. The SMILES string of the molecule is c1ccc(-c2cccc(-c3cccc(-c4cccc(-c5cccc(-c6cc(-c7ccccc7)nc(-c7cccc8ccccc78)c6)c5)c4)c3)c2)cc1. The van der Waals surface area contributed by atoms with Crippen molar-refractivity contribution in [3.05, 3.63) is 212 Å². The van der Waals surface area contributed by atoms with Gasteiger partial charge >= 0.3 is 0 Å². The fourth-order valence-corrected chi connectivity index (χ4v) is 7.18. The van der Waals surface area contributed by atoms with E-state index in [1.54, 1.807) is 0 Å². The Labute approximate surface area is 305 Å². The van der Waals surface area contributed by atoms with E-state index in [9.17, 15) is 0 Å². The minimum Gasteiger partial charge on any atom is -0.248 e. The van der Waals surface area contributed by atoms with Gasteiger partial charge < -0.3 is 0 Å². The molecule has 0 unspecified atom stereocenters. The van der Waals surface area contributed by atoms with Crippen molar-refractivity contribution in [3.63, 3.8) is 0 Å². The van der Waals surface area contributed by atoms with Gasteiger partial charge in [-0.25, -0.2) is 4.98 Å². The molecule has 0 aliphatic heterocycles. The van der Waals surface area contributed by atoms with Crippen molar-refractivity contribution in [2.45, 2.75) is 0 Å². The molecule has 0 amide bonds. The molecule has 1 heteroatoms. The third-order valence-electron chi connectivity index (χ3n) is 9.85. The van der Waals surface area contributed by atoms with Crippen LogP contribution in [0.15, 0.2) is 212 Å². The molecule has 52 heavy (non-hydrogen) atoms. The number of hydrogen-bond acceptors (Lipinski definition) is 1. The third kappa shape index (κ3) is 6.33. The molecule has 8 aromatic carbocycles. The molecule has 9 rings (SSSR count). The molecule has 0 N–H and O–H groups in total. The molecular weight excluding hydrogens is 627 g/mol. The zero-order valence-electron chi connectivity index (χ0n) is 28.7. The van der Waals surface area contributed by atoms with Gasteiger partial charge in [-0.1, -0.05) is 176 Å². The Morgan fingerprint density at radius 1 is 0.231 bits per heavy atom. The maximum absolute atomic E-state index is 5.22. The van der Waals surface area contributed by atoms with Crippen molar-refractivity contribution >= 4 is 10.8 Å². The van der Waals surface area contributed by atoms with Crippen molar-refractivity contribution in [2.75, 3.05) is 0 Å². The molecule has 244 valence electrons. The molecule has 0 atom stereocenters. The second-order valence-corrected chi connectivity index (χ2v) is 13.2. The fourth-order valence-electron chi connectivity index (χ4n) is 7.18. The average molecular weight is 662 g/mol. The second-order valence-electron chi connectivity index (χ2n) is 13.2. The lowest BCUT2D eigenvalue weighted by Crippen LogP contribution is -1.92. The summed E-state index contributed by atoms with van der Waals surface area (Å²) < 4.78 is 0. The molecule has 1 nitrogen and oxygen atoms in total. The topological polar surface area (TPSA) is 12.9 Å². The smallest absolute Gasteiger partial charge is 0.0721 e. The van der Waals surface area contributed by atoms with Crippen LogP contribution < -0.4 is 0 Å². The highest BCUT2D eigenvalue weighted by atomic mass is 14.7. The van der Waals surface area contributed by atoms with Crippen LogP contribution in [0.3, 0.4) is 0 Å². The summed E-state index contributed by atoms with van der Waals surface area (Å²) in [5.74, 6) is 0. The van der Waals surface area contributed by atoms with Crippen LogP contribution in [0.2, 0.25) is 0 Å². The first kappa shape index (κ1) is 31.2. The normalized spacial score (nSPS) is 11.1. The van der Waals surface area contributed by atoms with Gasteiger partial charge in [-0.3, -0.25) is 0 Å². The predicted octanol–water partition coefficient (Wildman–Crippen LogP) is 13.9. The molecular formula is C51H35N. The molecule has 0 radical (unpaired) electrons. The van der Waals surface area contributed by atoms with Gasteiger partial charge in [-0.15, -0.1) is 0 Å². The van der Waals surface area contributed by atoms with Crippen LogP contribution in [0.25, 0.3) is 88.9 Å². The Balaban J connectivity index is 1.08. The number of benzene rings is 8. The van der Waals surface area contributed by atoms with E-state index in [0.29, 0.717) is 0 Å². The van der Waals surface area contributed by atoms with Gasteiger partial charge in [0.15, 0.2) is 0 Å². The van der Waals surface area contributed by atoms with Crippen LogP contribution in [-0.2, 0) is 0 Å². The first-order valence-electron chi connectivity index (χ1n) is 17.8. The minimum atomic E-state index is 0.961. The molecule has 0 aliphatic carbocycles. The van der Waals surface area contributed by atoms with E-state index in [4.69, 9.17) is 4.98 Å². The first-order valence-corrected chi connectivity index (χ1v) is 17.8. The van der Waals surface area contributed by atoms with Crippen molar-refractivity contribution in [3.8, 4) is 78.1 Å². The molecule has 0 aliphatic rings. The lowest BCUT2D eigenvalue weighted by atomic mass is 9.93. The first-order chi connectivity index (χ1) is 25.7. The summed E-state index contributed by atoms with van der Waals surface area (Å²) >= 11 is 0. The molecule has 0 bridgehead atoms. The Hall–Kier alpha value is -6.83. The van der Waals surface area contributed by atoms with Crippen molar-refractivity contribution < 1.29 is 0 Å². The van der Waals surface area contributed by atoms with E-state index in [0.717, 1.165) is 33.6 Å². The van der Waals surface area contributed by atoms with E-state index in [-0.39, 0.29) is 0 Å². The summed E-state index contributed by atoms with van der Waals surface area (Å²) in [5, 5.41) is 2.41. The fraction of sp³-hybridized carbons (Fsp3) is 0. The highest BCUT2D eigenvalue weighted by Crippen LogP contribution is 2.36. The number of fused-ring (bicyclic) bond motifs is 1. The van der Waals surface area contributed by atoms with Gasteiger partial charge in [0.05, 0.1) is 11.4 Å². The zero-order valence-corrected chi connectivity index (χ0v) is 28.7. The Kier molecular flexibility index (Phi) is 8.29. The van der Waals surface area contributed by atoms with Crippen LogP contribution in [-0.4, -0.2) is 4.98 Å². The summed E-state index contributed by atoms with van der Waals surface area (Å²) in [6.45, 7) is 0. The van der Waals surface area contributed by atoms with Crippen molar-refractivity contribution in [1.29, 1.82) is 0 Å². The molecule has 1 aromatic heterocycles. The third-order valence-corrected chi connectivity index (χ3v) is 9.85. The molecule has 1 heterocycles. The standard InChI is InChI=1S/C51H35N/c1-3-14-36(15-4-1)39-20-9-21-40(30-39)41-22-10-23-42(31-41)43-24-11-25-44(32-43)45-26-12-27-46(33-45)47-34-50(38-17-5-2-6-18-38)52-51(35-47)49-29-13-19-37-16-7-8-28-48(37)49/h1-35H.